The van der Waals surface area contributed by atoms with Crippen molar-refractivity contribution in [3.63, 3.8) is 0 Å². The zero-order valence-electron chi connectivity index (χ0n) is 51.7. The number of benzene rings is 14. The van der Waals surface area contributed by atoms with Gasteiger partial charge < -0.3 is 9.80 Å². The van der Waals surface area contributed by atoms with Crippen LogP contribution >= 0.6 is 22.7 Å². The SMILES string of the molecule is CC1(C)c2ccc(N(c3ccc(-c4ccccc4)cc3)c3ccc(-c4ccccc4)cc3)cc2-c2ccc3sc4ccccc4c3c21.CC1(C)c2ccc(N(c3ccccc3)c3ccc(-c4ccc5ccccc5c4)cc3)cc2-c2ccc3sc4ccccc4c3c21. The Balaban J connectivity index is 0.000000141. The molecule has 0 aliphatic heterocycles. The van der Waals surface area contributed by atoms with Crippen LogP contribution in [0.5, 0.6) is 0 Å². The van der Waals surface area contributed by atoms with Gasteiger partial charge >= 0.3 is 0 Å². The van der Waals surface area contributed by atoms with E-state index in [0.717, 1.165) is 34.1 Å². The third-order valence-electron chi connectivity index (χ3n) is 19.5. The molecule has 0 atom stereocenters. The summed E-state index contributed by atoms with van der Waals surface area (Å²) in [7, 11) is 0. The van der Waals surface area contributed by atoms with Crippen LogP contribution in [0.15, 0.2) is 315 Å². The molecule has 14 aromatic carbocycles. The van der Waals surface area contributed by atoms with Crippen molar-refractivity contribution in [3.05, 3.63) is 338 Å². The monoisotopic (exact) mass is 1210 g/mol. The molecule has 2 aliphatic carbocycles. The fourth-order valence-corrected chi connectivity index (χ4v) is 17.3. The van der Waals surface area contributed by atoms with Gasteiger partial charge in [-0.3, -0.25) is 0 Å². The summed E-state index contributed by atoms with van der Waals surface area (Å²) in [5.74, 6) is 0. The largest absolute Gasteiger partial charge is 0.310 e. The van der Waals surface area contributed by atoms with Crippen molar-refractivity contribution in [1.82, 2.24) is 0 Å². The van der Waals surface area contributed by atoms with Crippen molar-refractivity contribution in [2.45, 2.75) is 38.5 Å². The lowest BCUT2D eigenvalue weighted by molar-refractivity contribution is 0.666. The van der Waals surface area contributed by atoms with Crippen LogP contribution in [0.1, 0.15) is 49.9 Å². The minimum absolute atomic E-state index is 0.0916. The van der Waals surface area contributed by atoms with Crippen molar-refractivity contribution in [2.24, 2.45) is 0 Å². The molecule has 2 heterocycles. The van der Waals surface area contributed by atoms with Gasteiger partial charge in [0, 0.05) is 85.3 Å². The number of rotatable bonds is 9. The van der Waals surface area contributed by atoms with Crippen LogP contribution in [0, 0.1) is 0 Å². The Morgan fingerprint density at radius 1 is 0.239 bits per heavy atom. The lowest BCUT2D eigenvalue weighted by Gasteiger charge is -2.27. The predicted molar refractivity (Wildman–Crippen MR) is 397 cm³/mol. The van der Waals surface area contributed by atoms with Gasteiger partial charge in [-0.25, -0.2) is 0 Å². The van der Waals surface area contributed by atoms with Crippen LogP contribution in [0.4, 0.5) is 34.1 Å². The number of nitrogens with zero attached hydrogens (tertiary/aromatic N) is 2. The molecular weight excluding hydrogens is 1150 g/mol. The molecule has 2 aliphatic rings. The second kappa shape index (κ2) is 22.1. The maximum atomic E-state index is 2.42. The number of fused-ring (bicyclic) bond motifs is 15. The summed E-state index contributed by atoms with van der Waals surface area (Å²) in [6.45, 7) is 9.57. The summed E-state index contributed by atoms with van der Waals surface area (Å²) in [6, 6.07) is 115. The van der Waals surface area contributed by atoms with Crippen LogP contribution in [0.2, 0.25) is 0 Å². The Morgan fingerprint density at radius 3 is 1.04 bits per heavy atom. The van der Waals surface area contributed by atoms with E-state index in [4.69, 9.17) is 0 Å². The molecule has 2 nitrogen and oxygen atoms in total. The molecule has 4 heteroatoms. The third kappa shape index (κ3) is 9.27. The Kier molecular flexibility index (Phi) is 13.3. The van der Waals surface area contributed by atoms with Gasteiger partial charge in [0.25, 0.3) is 0 Å². The Bertz CT molecular complexity index is 5410. The number of hydrogen-bond acceptors (Lipinski definition) is 4. The highest BCUT2D eigenvalue weighted by Crippen LogP contribution is 2.57. The molecule has 0 saturated carbocycles. The summed E-state index contributed by atoms with van der Waals surface area (Å²) in [5, 5.41) is 8.09. The Hall–Kier alpha value is -10.6. The van der Waals surface area contributed by atoms with Gasteiger partial charge in [0.2, 0.25) is 0 Å². The maximum absolute atomic E-state index is 2.42. The molecule has 0 N–H and O–H groups in total. The first-order valence-electron chi connectivity index (χ1n) is 31.9. The van der Waals surface area contributed by atoms with Crippen molar-refractivity contribution < 1.29 is 0 Å². The first-order valence-corrected chi connectivity index (χ1v) is 33.5. The molecule has 438 valence electrons. The Morgan fingerprint density at radius 2 is 0.587 bits per heavy atom. The minimum Gasteiger partial charge on any atom is -0.310 e. The Labute approximate surface area is 545 Å². The van der Waals surface area contributed by atoms with Crippen molar-refractivity contribution in [1.29, 1.82) is 0 Å². The van der Waals surface area contributed by atoms with E-state index in [0.29, 0.717) is 0 Å². The molecule has 0 fully saturated rings. The highest BCUT2D eigenvalue weighted by Gasteiger charge is 2.40. The summed E-state index contributed by atoms with van der Waals surface area (Å²) >= 11 is 3.80. The molecule has 18 rings (SSSR count). The standard InChI is InChI=1S/C45H33NS.C43H31NS/c1-45(2)40-27-25-36(29-39(40)37-26-28-42-43(44(37)45)38-15-9-10-16-41(38)47-42)46(34-21-17-32(18-22-34)30-11-5-3-6-12-30)35-23-19-33(20-24-35)31-13-7-4-8-14-31;1-43(2)38-24-22-34(27-37(38)35-23-25-40-41(42(35)43)36-14-8-9-15-39(36)45-40)44(32-12-4-3-5-13-32)33-20-18-29(19-21-33)31-17-16-28-10-6-7-11-30(28)26-31/h3-29H,1-2H3;3-27H,1-2H3. The van der Waals surface area contributed by atoms with E-state index in [9.17, 15) is 0 Å². The first-order chi connectivity index (χ1) is 45.1. The number of para-hydroxylation sites is 1. The summed E-state index contributed by atoms with van der Waals surface area (Å²) < 4.78 is 5.45. The number of hydrogen-bond donors (Lipinski definition) is 0. The van der Waals surface area contributed by atoms with E-state index in [1.54, 1.807) is 0 Å². The topological polar surface area (TPSA) is 6.48 Å². The van der Waals surface area contributed by atoms with E-state index in [1.807, 2.05) is 22.7 Å². The highest BCUT2D eigenvalue weighted by atomic mass is 32.1. The number of anilines is 6. The summed E-state index contributed by atoms with van der Waals surface area (Å²) in [6.07, 6.45) is 0. The smallest absolute Gasteiger partial charge is 0.0468 e. The van der Waals surface area contributed by atoms with E-state index in [2.05, 4.69) is 353 Å². The van der Waals surface area contributed by atoms with Gasteiger partial charge in [0.15, 0.2) is 0 Å². The van der Waals surface area contributed by atoms with Gasteiger partial charge in [0.1, 0.15) is 0 Å². The second-order valence-electron chi connectivity index (χ2n) is 25.6. The zero-order valence-corrected chi connectivity index (χ0v) is 53.4. The average molecular weight is 1210 g/mol. The fraction of sp³-hybridized carbons (Fsp3) is 0.0682. The van der Waals surface area contributed by atoms with Crippen molar-refractivity contribution in [3.8, 4) is 55.6 Å². The van der Waals surface area contributed by atoms with E-state index in [-0.39, 0.29) is 10.8 Å². The maximum Gasteiger partial charge on any atom is 0.0468 e. The van der Waals surface area contributed by atoms with Crippen molar-refractivity contribution in [2.75, 3.05) is 9.80 Å². The molecule has 2 aromatic heterocycles. The molecular formula is C88H64N2S2. The van der Waals surface area contributed by atoms with E-state index in [1.165, 1.54) is 129 Å². The molecule has 16 aromatic rings. The highest BCUT2D eigenvalue weighted by molar-refractivity contribution is 7.26. The molecule has 0 radical (unpaired) electrons. The number of thiophene rings is 2. The van der Waals surface area contributed by atoms with Crippen molar-refractivity contribution >= 4 is 108 Å². The van der Waals surface area contributed by atoms with Gasteiger partial charge in [-0.2, -0.15) is 0 Å². The van der Waals surface area contributed by atoms with Crippen LogP contribution in [-0.4, -0.2) is 0 Å². The predicted octanol–water partition coefficient (Wildman–Crippen LogP) is 25.8. The van der Waals surface area contributed by atoms with Crippen LogP contribution in [0.3, 0.4) is 0 Å². The van der Waals surface area contributed by atoms with Gasteiger partial charge in [-0.05, 0) is 192 Å². The second-order valence-corrected chi connectivity index (χ2v) is 27.7. The van der Waals surface area contributed by atoms with E-state index >= 15 is 0 Å². The molecule has 0 spiro atoms. The molecule has 0 amide bonds. The van der Waals surface area contributed by atoms with Crippen LogP contribution in [0.25, 0.3) is 107 Å². The fourth-order valence-electron chi connectivity index (χ4n) is 15.0. The lowest BCUT2D eigenvalue weighted by atomic mass is 9.80. The van der Waals surface area contributed by atoms with E-state index < -0.39 is 0 Å². The molecule has 0 bridgehead atoms. The summed E-state index contributed by atoms with van der Waals surface area (Å²) in [5.41, 5.74) is 25.0. The lowest BCUT2D eigenvalue weighted by Crippen LogP contribution is -2.16. The quantitative estimate of drug-likeness (QED) is 0.142. The summed E-state index contributed by atoms with van der Waals surface area (Å²) in [4.78, 5) is 4.78. The normalized spacial score (nSPS) is 13.2. The average Bonchev–Trinajstić information content (AvgIpc) is 1.56. The van der Waals surface area contributed by atoms with Gasteiger partial charge in [-0.1, -0.05) is 240 Å². The molecule has 0 saturated heterocycles. The van der Waals surface area contributed by atoms with Crippen LogP contribution < -0.4 is 9.80 Å². The molecule has 92 heavy (non-hydrogen) atoms. The van der Waals surface area contributed by atoms with Gasteiger partial charge in [-0.15, -0.1) is 22.7 Å². The third-order valence-corrected chi connectivity index (χ3v) is 21.7. The minimum atomic E-state index is -0.105. The molecule has 0 unspecified atom stereocenters. The van der Waals surface area contributed by atoms with Crippen LogP contribution in [-0.2, 0) is 10.8 Å². The van der Waals surface area contributed by atoms with Gasteiger partial charge in [0.05, 0.1) is 0 Å². The first kappa shape index (κ1) is 55.4. The zero-order chi connectivity index (χ0) is 61.7.